The van der Waals surface area contributed by atoms with Crippen molar-refractivity contribution >= 4 is 17.0 Å². The van der Waals surface area contributed by atoms with Gasteiger partial charge in [0.25, 0.3) is 0 Å². The summed E-state index contributed by atoms with van der Waals surface area (Å²) in [5.41, 5.74) is 1.79. The third-order valence-electron chi connectivity index (χ3n) is 2.72. The second-order valence-corrected chi connectivity index (χ2v) is 3.94. The van der Waals surface area contributed by atoms with Crippen LogP contribution >= 0.6 is 0 Å². The summed E-state index contributed by atoms with van der Waals surface area (Å²) in [7, 11) is 0. The summed E-state index contributed by atoms with van der Waals surface area (Å²) in [6.45, 7) is 0. The second-order valence-electron chi connectivity index (χ2n) is 3.94. The normalized spacial score (nSPS) is 10.8. The first-order chi connectivity index (χ1) is 9.15. The first kappa shape index (κ1) is 11.3. The number of pyridine rings is 1. The van der Waals surface area contributed by atoms with Gasteiger partial charge in [0.05, 0.1) is 17.4 Å². The zero-order valence-corrected chi connectivity index (χ0v) is 9.62. The minimum absolute atomic E-state index is 0.0360. The number of aromatic nitrogens is 3. The van der Waals surface area contributed by atoms with Crippen molar-refractivity contribution in [1.29, 1.82) is 0 Å². The van der Waals surface area contributed by atoms with Crippen molar-refractivity contribution in [2.45, 2.75) is 0 Å². The van der Waals surface area contributed by atoms with E-state index in [9.17, 15) is 9.18 Å². The topological polar surface area (TPSA) is 68.0 Å². The highest BCUT2D eigenvalue weighted by Crippen LogP contribution is 2.17. The lowest BCUT2D eigenvalue weighted by Crippen LogP contribution is -2.00. The van der Waals surface area contributed by atoms with Crippen LogP contribution in [0.25, 0.3) is 16.7 Å². The summed E-state index contributed by atoms with van der Waals surface area (Å²) in [5.74, 6) is -1.41. The van der Waals surface area contributed by atoms with Gasteiger partial charge in [0.15, 0.2) is 0 Å². The molecule has 0 atom stereocenters. The quantitative estimate of drug-likeness (QED) is 0.764. The molecular formula is C13H8FN3O2. The fourth-order valence-electron chi connectivity index (χ4n) is 1.82. The van der Waals surface area contributed by atoms with Crippen LogP contribution < -0.4 is 0 Å². The highest BCUT2D eigenvalue weighted by Gasteiger charge is 2.10. The number of carboxylic acids is 1. The van der Waals surface area contributed by atoms with Gasteiger partial charge in [0, 0.05) is 0 Å². The lowest BCUT2D eigenvalue weighted by atomic mass is 10.3. The van der Waals surface area contributed by atoms with E-state index in [4.69, 9.17) is 5.11 Å². The van der Waals surface area contributed by atoms with E-state index in [0.29, 0.717) is 16.7 Å². The van der Waals surface area contributed by atoms with Crippen LogP contribution in [0.4, 0.5) is 4.39 Å². The summed E-state index contributed by atoms with van der Waals surface area (Å²) in [6, 6.07) is 8.89. The molecule has 0 aliphatic carbocycles. The Morgan fingerprint density at radius 2 is 1.89 bits per heavy atom. The molecule has 0 saturated carbocycles. The number of carbonyl (C=O) groups is 1. The third-order valence-corrected chi connectivity index (χ3v) is 2.72. The Morgan fingerprint density at radius 1 is 1.16 bits per heavy atom. The van der Waals surface area contributed by atoms with Crippen molar-refractivity contribution in [3.05, 3.63) is 54.1 Å². The van der Waals surface area contributed by atoms with Crippen LogP contribution in [0.5, 0.6) is 0 Å². The monoisotopic (exact) mass is 257 g/mol. The molecule has 3 aromatic rings. The van der Waals surface area contributed by atoms with Crippen LogP contribution in [-0.4, -0.2) is 25.8 Å². The van der Waals surface area contributed by atoms with Crippen LogP contribution in [-0.2, 0) is 0 Å². The van der Waals surface area contributed by atoms with Gasteiger partial charge < -0.3 is 5.11 Å². The number of carboxylic acid groups (broad SMARTS) is 1. The van der Waals surface area contributed by atoms with Crippen LogP contribution in [0.2, 0.25) is 0 Å². The maximum Gasteiger partial charge on any atom is 0.354 e. The molecule has 1 aromatic carbocycles. The van der Waals surface area contributed by atoms with Crippen molar-refractivity contribution in [2.24, 2.45) is 0 Å². The molecule has 0 radical (unpaired) electrons. The Labute approximate surface area is 106 Å². The van der Waals surface area contributed by atoms with Crippen molar-refractivity contribution in [3.63, 3.8) is 0 Å². The minimum Gasteiger partial charge on any atom is -0.477 e. The molecule has 19 heavy (non-hydrogen) atoms. The molecule has 3 rings (SSSR count). The van der Waals surface area contributed by atoms with E-state index in [-0.39, 0.29) is 11.5 Å². The van der Waals surface area contributed by atoms with Crippen LogP contribution in [0, 0.1) is 5.82 Å². The number of hydrogen-bond acceptors (Lipinski definition) is 3. The summed E-state index contributed by atoms with van der Waals surface area (Å²) in [5, 5.41) is 13.0. The molecule has 5 nitrogen and oxygen atoms in total. The molecule has 0 amide bonds. The van der Waals surface area contributed by atoms with Crippen molar-refractivity contribution in [1.82, 2.24) is 14.8 Å². The lowest BCUT2D eigenvalue weighted by molar-refractivity contribution is 0.0691. The molecule has 0 aliphatic heterocycles. The van der Waals surface area contributed by atoms with E-state index in [1.54, 1.807) is 22.9 Å². The summed E-state index contributed by atoms with van der Waals surface area (Å²) in [6.07, 6.45) is 1.48. The van der Waals surface area contributed by atoms with Gasteiger partial charge in [-0.1, -0.05) is 0 Å². The van der Waals surface area contributed by atoms with Crippen LogP contribution in [0.1, 0.15) is 10.5 Å². The fraction of sp³-hybridized carbons (Fsp3) is 0. The Morgan fingerprint density at radius 3 is 2.58 bits per heavy atom. The average Bonchev–Trinajstić information content (AvgIpc) is 2.82. The maximum atomic E-state index is 12.9. The summed E-state index contributed by atoms with van der Waals surface area (Å²) >= 11 is 0. The number of nitrogens with zero attached hydrogens (tertiary/aromatic N) is 3. The molecule has 94 valence electrons. The highest BCUT2D eigenvalue weighted by molar-refractivity contribution is 5.89. The zero-order chi connectivity index (χ0) is 13.4. The molecule has 0 fully saturated rings. The number of hydrogen-bond donors (Lipinski definition) is 1. The molecule has 6 heteroatoms. The molecule has 0 unspecified atom stereocenters. The molecule has 0 spiro atoms. The minimum atomic E-state index is -1.09. The van der Waals surface area contributed by atoms with Crippen molar-refractivity contribution < 1.29 is 14.3 Å². The molecular weight excluding hydrogens is 249 g/mol. The second kappa shape index (κ2) is 4.16. The van der Waals surface area contributed by atoms with Gasteiger partial charge in [0.1, 0.15) is 17.0 Å². The van der Waals surface area contributed by atoms with Crippen LogP contribution in [0.15, 0.2) is 42.6 Å². The van der Waals surface area contributed by atoms with Gasteiger partial charge in [-0.15, -0.1) is 0 Å². The number of benzene rings is 1. The van der Waals surface area contributed by atoms with E-state index in [1.807, 2.05) is 0 Å². The Bertz CT molecular complexity index is 765. The average molecular weight is 257 g/mol. The van der Waals surface area contributed by atoms with Gasteiger partial charge in [-0.05, 0) is 36.4 Å². The standard InChI is InChI=1S/C13H8FN3O2/c14-8-1-3-9(4-2-8)17-12-6-5-10(13(18)19)16-11(12)7-15-17/h1-7H,(H,18,19). The zero-order valence-electron chi connectivity index (χ0n) is 9.62. The molecule has 1 N–H and O–H groups in total. The molecule has 2 aromatic heterocycles. The Hall–Kier alpha value is -2.76. The van der Waals surface area contributed by atoms with Gasteiger partial charge in [-0.3, -0.25) is 0 Å². The number of rotatable bonds is 2. The number of aromatic carboxylic acids is 1. The van der Waals surface area contributed by atoms with E-state index in [0.717, 1.165) is 0 Å². The summed E-state index contributed by atoms with van der Waals surface area (Å²) < 4.78 is 14.5. The van der Waals surface area contributed by atoms with E-state index >= 15 is 0 Å². The largest absolute Gasteiger partial charge is 0.477 e. The summed E-state index contributed by atoms with van der Waals surface area (Å²) in [4.78, 5) is 14.8. The highest BCUT2D eigenvalue weighted by atomic mass is 19.1. The van der Waals surface area contributed by atoms with E-state index in [2.05, 4.69) is 10.1 Å². The van der Waals surface area contributed by atoms with Crippen molar-refractivity contribution in [2.75, 3.05) is 0 Å². The smallest absolute Gasteiger partial charge is 0.354 e. The van der Waals surface area contributed by atoms with Gasteiger partial charge >= 0.3 is 5.97 Å². The first-order valence-electron chi connectivity index (χ1n) is 5.49. The van der Waals surface area contributed by atoms with Crippen LogP contribution in [0.3, 0.4) is 0 Å². The third kappa shape index (κ3) is 1.93. The van der Waals surface area contributed by atoms with Gasteiger partial charge in [-0.2, -0.15) is 5.10 Å². The predicted octanol–water partition coefficient (Wildman–Crippen LogP) is 2.26. The molecule has 0 bridgehead atoms. The molecule has 0 aliphatic rings. The number of fused-ring (bicyclic) bond motifs is 1. The predicted molar refractivity (Wildman–Crippen MR) is 65.8 cm³/mol. The maximum absolute atomic E-state index is 12.9. The molecule has 2 heterocycles. The van der Waals surface area contributed by atoms with E-state index < -0.39 is 5.97 Å². The van der Waals surface area contributed by atoms with Gasteiger partial charge in [-0.25, -0.2) is 18.9 Å². The Kier molecular flexibility index (Phi) is 2.49. The fourth-order valence-corrected chi connectivity index (χ4v) is 1.82. The van der Waals surface area contributed by atoms with E-state index in [1.165, 1.54) is 24.4 Å². The first-order valence-corrected chi connectivity index (χ1v) is 5.49. The number of halogens is 1. The Balaban J connectivity index is 2.15. The van der Waals surface area contributed by atoms with Gasteiger partial charge in [0.2, 0.25) is 0 Å². The SMILES string of the molecule is O=C(O)c1ccc2c(cnn2-c2ccc(F)cc2)n1. The van der Waals surface area contributed by atoms with Crippen molar-refractivity contribution in [3.8, 4) is 5.69 Å². The molecule has 0 saturated heterocycles. The lowest BCUT2D eigenvalue weighted by Gasteiger charge is -2.03.